The fourth-order valence-corrected chi connectivity index (χ4v) is 3.63. The highest BCUT2D eigenvalue weighted by Crippen LogP contribution is 2.32. The van der Waals surface area contributed by atoms with Gasteiger partial charge in [-0.2, -0.15) is 5.10 Å². The van der Waals surface area contributed by atoms with Crippen molar-refractivity contribution in [2.24, 2.45) is 4.99 Å². The Hall–Kier alpha value is -2.67. The summed E-state index contributed by atoms with van der Waals surface area (Å²) in [6.07, 6.45) is 14.4. The van der Waals surface area contributed by atoms with Crippen LogP contribution in [-0.4, -0.2) is 37.0 Å². The Bertz CT molecular complexity index is 802. The predicted octanol–water partition coefficient (Wildman–Crippen LogP) is 3.12. The van der Waals surface area contributed by atoms with E-state index in [0.29, 0.717) is 0 Å². The van der Waals surface area contributed by atoms with Gasteiger partial charge in [0.15, 0.2) is 6.17 Å². The van der Waals surface area contributed by atoms with E-state index in [-0.39, 0.29) is 6.17 Å². The SMILES string of the molecule is C1=NC(c2cccs2)N(CCCn2ccnc2)C(n2cccn2)=C1. The van der Waals surface area contributed by atoms with E-state index in [1.807, 2.05) is 48.0 Å². The molecule has 6 nitrogen and oxygen atoms in total. The monoisotopic (exact) mass is 338 g/mol. The number of nitrogens with zero attached hydrogens (tertiary/aromatic N) is 6. The molecule has 4 heterocycles. The zero-order chi connectivity index (χ0) is 16.2. The van der Waals surface area contributed by atoms with Gasteiger partial charge in [0, 0.05) is 49.0 Å². The Morgan fingerprint density at radius 3 is 2.88 bits per heavy atom. The normalized spacial score (nSPS) is 17.2. The van der Waals surface area contributed by atoms with Gasteiger partial charge in [0.2, 0.25) is 0 Å². The van der Waals surface area contributed by atoms with Gasteiger partial charge < -0.3 is 9.47 Å². The van der Waals surface area contributed by atoms with Crippen molar-refractivity contribution < 1.29 is 0 Å². The Morgan fingerprint density at radius 2 is 2.12 bits per heavy atom. The van der Waals surface area contributed by atoms with Crippen LogP contribution in [0, 0.1) is 0 Å². The van der Waals surface area contributed by atoms with Crippen molar-refractivity contribution >= 4 is 23.4 Å². The second-order valence-electron chi connectivity index (χ2n) is 5.51. The van der Waals surface area contributed by atoms with Gasteiger partial charge in [0.25, 0.3) is 0 Å². The molecule has 0 fully saturated rings. The van der Waals surface area contributed by atoms with Crippen molar-refractivity contribution in [2.75, 3.05) is 6.54 Å². The fraction of sp³-hybridized carbons (Fsp3) is 0.235. The lowest BCUT2D eigenvalue weighted by Crippen LogP contribution is -2.32. The van der Waals surface area contributed by atoms with E-state index in [1.165, 1.54) is 4.88 Å². The van der Waals surface area contributed by atoms with Gasteiger partial charge in [-0.3, -0.25) is 4.99 Å². The predicted molar refractivity (Wildman–Crippen MR) is 95.6 cm³/mol. The first-order chi connectivity index (χ1) is 11.9. The summed E-state index contributed by atoms with van der Waals surface area (Å²) in [6, 6.07) is 6.16. The van der Waals surface area contributed by atoms with Crippen LogP contribution < -0.4 is 0 Å². The van der Waals surface area contributed by atoms with Crippen molar-refractivity contribution in [1.29, 1.82) is 0 Å². The summed E-state index contributed by atoms with van der Waals surface area (Å²) in [5.74, 6) is 1.05. The number of rotatable bonds is 6. The highest BCUT2D eigenvalue weighted by atomic mass is 32.1. The molecule has 0 saturated heterocycles. The molecular weight excluding hydrogens is 320 g/mol. The molecule has 1 aliphatic rings. The first-order valence-electron chi connectivity index (χ1n) is 7.91. The molecule has 0 radical (unpaired) electrons. The van der Waals surface area contributed by atoms with Crippen LogP contribution >= 0.6 is 11.3 Å². The number of thiophene rings is 1. The van der Waals surface area contributed by atoms with E-state index in [2.05, 4.69) is 37.1 Å². The number of aromatic nitrogens is 4. The molecule has 0 amide bonds. The number of aryl methyl sites for hydroxylation is 1. The van der Waals surface area contributed by atoms with Crippen LogP contribution in [0.4, 0.5) is 0 Å². The van der Waals surface area contributed by atoms with E-state index in [0.717, 1.165) is 25.3 Å². The third kappa shape index (κ3) is 3.03. The highest BCUT2D eigenvalue weighted by Gasteiger charge is 2.25. The third-order valence-electron chi connectivity index (χ3n) is 3.95. The summed E-state index contributed by atoms with van der Waals surface area (Å²) in [7, 11) is 0. The number of imidazole rings is 1. The van der Waals surface area contributed by atoms with Gasteiger partial charge in [-0.1, -0.05) is 6.07 Å². The summed E-state index contributed by atoms with van der Waals surface area (Å²) < 4.78 is 4.01. The van der Waals surface area contributed by atoms with Crippen LogP contribution in [0.5, 0.6) is 0 Å². The first-order valence-corrected chi connectivity index (χ1v) is 8.79. The molecule has 0 aromatic carbocycles. The van der Waals surface area contributed by atoms with Crippen LogP contribution in [-0.2, 0) is 6.54 Å². The molecule has 1 atom stereocenters. The second-order valence-corrected chi connectivity index (χ2v) is 6.49. The smallest absolute Gasteiger partial charge is 0.157 e. The standard InChI is InChI=1S/C17H18N6S/c1-4-15(24-13-1)17-19-7-5-16(23-11-2-6-20-23)22(17)10-3-9-21-12-8-18-14-21/h1-2,4-8,11-14,17H,3,9-10H2. The van der Waals surface area contributed by atoms with Crippen LogP contribution in [0.1, 0.15) is 17.5 Å². The molecule has 0 bridgehead atoms. The maximum Gasteiger partial charge on any atom is 0.157 e. The summed E-state index contributed by atoms with van der Waals surface area (Å²) in [4.78, 5) is 12.4. The molecule has 1 aliphatic heterocycles. The summed E-state index contributed by atoms with van der Waals surface area (Å²) in [6.45, 7) is 1.83. The van der Waals surface area contributed by atoms with E-state index in [4.69, 9.17) is 4.99 Å². The van der Waals surface area contributed by atoms with E-state index in [9.17, 15) is 0 Å². The van der Waals surface area contributed by atoms with E-state index < -0.39 is 0 Å². The van der Waals surface area contributed by atoms with Crippen LogP contribution in [0.25, 0.3) is 5.82 Å². The van der Waals surface area contributed by atoms with Gasteiger partial charge in [-0.25, -0.2) is 9.67 Å². The summed E-state index contributed by atoms with van der Waals surface area (Å²) in [5.41, 5.74) is 0. The average Bonchev–Trinajstić information content (AvgIpc) is 3.37. The lowest BCUT2D eigenvalue weighted by atomic mass is 10.2. The Morgan fingerprint density at radius 1 is 1.12 bits per heavy atom. The van der Waals surface area contributed by atoms with Crippen molar-refractivity contribution in [2.45, 2.75) is 19.1 Å². The zero-order valence-electron chi connectivity index (χ0n) is 13.1. The second kappa shape index (κ2) is 6.84. The number of aliphatic imine (C=N–C) groups is 1. The van der Waals surface area contributed by atoms with Crippen molar-refractivity contribution in [3.05, 3.63) is 65.6 Å². The molecule has 0 aliphatic carbocycles. The van der Waals surface area contributed by atoms with Gasteiger partial charge >= 0.3 is 0 Å². The molecular formula is C17H18N6S. The largest absolute Gasteiger partial charge is 0.337 e. The third-order valence-corrected chi connectivity index (χ3v) is 4.86. The molecule has 0 spiro atoms. The van der Waals surface area contributed by atoms with Crippen LogP contribution in [0.3, 0.4) is 0 Å². The van der Waals surface area contributed by atoms with Crippen molar-refractivity contribution in [1.82, 2.24) is 24.2 Å². The van der Waals surface area contributed by atoms with Crippen molar-refractivity contribution in [3.63, 3.8) is 0 Å². The minimum absolute atomic E-state index is 0.0111. The molecule has 7 heteroatoms. The molecule has 122 valence electrons. The lowest BCUT2D eigenvalue weighted by molar-refractivity contribution is 0.281. The maximum absolute atomic E-state index is 4.70. The maximum atomic E-state index is 4.70. The number of hydrogen-bond donors (Lipinski definition) is 0. The quantitative estimate of drug-likeness (QED) is 0.694. The minimum atomic E-state index is 0.0111. The van der Waals surface area contributed by atoms with Gasteiger partial charge in [0.1, 0.15) is 5.82 Å². The lowest BCUT2D eigenvalue weighted by Gasteiger charge is -2.34. The fourth-order valence-electron chi connectivity index (χ4n) is 2.85. The molecule has 1 unspecified atom stereocenters. The highest BCUT2D eigenvalue weighted by molar-refractivity contribution is 7.10. The minimum Gasteiger partial charge on any atom is -0.337 e. The molecule has 24 heavy (non-hydrogen) atoms. The van der Waals surface area contributed by atoms with Crippen LogP contribution in [0.15, 0.2) is 65.8 Å². The van der Waals surface area contributed by atoms with Crippen molar-refractivity contribution in [3.8, 4) is 0 Å². The molecule has 0 N–H and O–H groups in total. The Labute approximate surface area is 144 Å². The Balaban J connectivity index is 1.56. The van der Waals surface area contributed by atoms with Gasteiger partial charge in [-0.15, -0.1) is 11.3 Å². The van der Waals surface area contributed by atoms with Gasteiger partial charge in [0.05, 0.1) is 6.33 Å². The Kier molecular flexibility index (Phi) is 4.24. The number of hydrogen-bond acceptors (Lipinski definition) is 5. The van der Waals surface area contributed by atoms with E-state index in [1.54, 1.807) is 17.5 Å². The topological polar surface area (TPSA) is 51.2 Å². The average molecular weight is 338 g/mol. The number of allylic oxidation sites excluding steroid dienone is 1. The van der Waals surface area contributed by atoms with Gasteiger partial charge in [-0.05, 0) is 30.0 Å². The van der Waals surface area contributed by atoms with Crippen LogP contribution in [0.2, 0.25) is 0 Å². The van der Waals surface area contributed by atoms with E-state index >= 15 is 0 Å². The molecule has 4 rings (SSSR count). The molecule has 3 aromatic rings. The zero-order valence-corrected chi connectivity index (χ0v) is 14.0. The first kappa shape index (κ1) is 14.9. The summed E-state index contributed by atoms with van der Waals surface area (Å²) >= 11 is 1.74. The summed E-state index contributed by atoms with van der Waals surface area (Å²) in [5, 5.41) is 6.49. The molecule has 0 saturated carbocycles. The molecule has 3 aromatic heterocycles.